The van der Waals surface area contributed by atoms with E-state index >= 15 is 0 Å². The molecular formula is C12H22N2O3. The standard InChI is InChI=1S/C12H22N2O3/c1-3-4-5-6-7-8-9-14-12(16)17-10-11(15)13-2/h7-8H,3-6,9-10H2,1-2H3,(H,13,15)(H,14,16). The Morgan fingerprint density at radius 2 is 2.00 bits per heavy atom. The topological polar surface area (TPSA) is 67.4 Å². The maximum absolute atomic E-state index is 11.1. The van der Waals surface area contributed by atoms with Gasteiger partial charge in [0.15, 0.2) is 6.61 Å². The maximum Gasteiger partial charge on any atom is 0.407 e. The van der Waals surface area contributed by atoms with Gasteiger partial charge in [-0.25, -0.2) is 4.79 Å². The van der Waals surface area contributed by atoms with E-state index in [1.54, 1.807) is 0 Å². The van der Waals surface area contributed by atoms with E-state index in [1.807, 2.05) is 12.2 Å². The molecule has 5 heteroatoms. The van der Waals surface area contributed by atoms with Crippen molar-refractivity contribution in [3.05, 3.63) is 12.2 Å². The lowest BCUT2D eigenvalue weighted by Crippen LogP contribution is -2.30. The molecule has 0 saturated heterocycles. The van der Waals surface area contributed by atoms with Gasteiger partial charge in [0.1, 0.15) is 0 Å². The van der Waals surface area contributed by atoms with Gasteiger partial charge in [-0.05, 0) is 12.8 Å². The highest BCUT2D eigenvalue weighted by Gasteiger charge is 2.03. The fourth-order valence-corrected chi connectivity index (χ4v) is 1.11. The van der Waals surface area contributed by atoms with Crippen molar-refractivity contribution in [1.29, 1.82) is 0 Å². The molecule has 0 aromatic rings. The summed E-state index contributed by atoms with van der Waals surface area (Å²) in [7, 11) is 1.49. The van der Waals surface area contributed by atoms with Gasteiger partial charge in [-0.2, -0.15) is 0 Å². The van der Waals surface area contributed by atoms with E-state index in [1.165, 1.54) is 26.3 Å². The van der Waals surface area contributed by atoms with Gasteiger partial charge in [0.05, 0.1) is 0 Å². The molecule has 98 valence electrons. The number of unbranched alkanes of at least 4 members (excludes halogenated alkanes) is 3. The normalized spacial score (nSPS) is 10.2. The molecule has 0 aromatic carbocycles. The minimum atomic E-state index is -0.577. The molecule has 0 aliphatic heterocycles. The van der Waals surface area contributed by atoms with Gasteiger partial charge in [-0.15, -0.1) is 0 Å². The van der Waals surface area contributed by atoms with Crippen LogP contribution < -0.4 is 10.6 Å². The zero-order valence-corrected chi connectivity index (χ0v) is 10.6. The van der Waals surface area contributed by atoms with E-state index < -0.39 is 6.09 Å². The number of hydrogen-bond acceptors (Lipinski definition) is 3. The van der Waals surface area contributed by atoms with Crippen LogP contribution in [0.3, 0.4) is 0 Å². The van der Waals surface area contributed by atoms with Crippen LogP contribution in [0.15, 0.2) is 12.2 Å². The number of hydrogen-bond donors (Lipinski definition) is 2. The Labute approximate surface area is 103 Å². The minimum absolute atomic E-state index is 0.247. The molecule has 0 heterocycles. The summed E-state index contributed by atoms with van der Waals surface area (Å²) in [5, 5.41) is 4.88. The van der Waals surface area contributed by atoms with Crippen LogP contribution in [-0.4, -0.2) is 32.2 Å². The molecule has 0 radical (unpaired) electrons. The zero-order valence-electron chi connectivity index (χ0n) is 10.6. The van der Waals surface area contributed by atoms with Gasteiger partial charge in [0.25, 0.3) is 5.91 Å². The van der Waals surface area contributed by atoms with Crippen LogP contribution in [0, 0.1) is 0 Å². The van der Waals surface area contributed by atoms with Gasteiger partial charge < -0.3 is 15.4 Å². The average molecular weight is 242 g/mol. The third-order valence-corrected chi connectivity index (χ3v) is 2.12. The minimum Gasteiger partial charge on any atom is -0.439 e. The smallest absolute Gasteiger partial charge is 0.407 e. The van der Waals surface area contributed by atoms with Crippen LogP contribution in [0.4, 0.5) is 4.79 Å². The Morgan fingerprint density at radius 1 is 1.24 bits per heavy atom. The SMILES string of the molecule is CCCCCC=CCNC(=O)OCC(=O)NC. The second-order valence-electron chi connectivity index (χ2n) is 3.60. The van der Waals surface area contributed by atoms with Crippen molar-refractivity contribution in [3.63, 3.8) is 0 Å². The van der Waals surface area contributed by atoms with Gasteiger partial charge in [-0.1, -0.05) is 31.9 Å². The summed E-state index contributed by atoms with van der Waals surface area (Å²) in [6, 6.07) is 0. The van der Waals surface area contributed by atoms with Crippen molar-refractivity contribution in [3.8, 4) is 0 Å². The van der Waals surface area contributed by atoms with E-state index in [-0.39, 0.29) is 12.5 Å². The van der Waals surface area contributed by atoms with Crippen LogP contribution in [0.5, 0.6) is 0 Å². The van der Waals surface area contributed by atoms with Gasteiger partial charge in [0.2, 0.25) is 0 Å². The van der Waals surface area contributed by atoms with Crippen molar-refractivity contribution < 1.29 is 14.3 Å². The lowest BCUT2D eigenvalue weighted by Gasteiger charge is -2.03. The van der Waals surface area contributed by atoms with E-state index in [4.69, 9.17) is 0 Å². The van der Waals surface area contributed by atoms with Crippen LogP contribution in [0.2, 0.25) is 0 Å². The number of amides is 2. The first-order valence-electron chi connectivity index (χ1n) is 5.97. The van der Waals surface area contributed by atoms with Crippen LogP contribution in [0.25, 0.3) is 0 Å². The van der Waals surface area contributed by atoms with Crippen LogP contribution in [0.1, 0.15) is 32.6 Å². The molecule has 2 amide bonds. The summed E-state index contributed by atoms with van der Waals surface area (Å²) in [4.78, 5) is 21.8. The summed E-state index contributed by atoms with van der Waals surface area (Å²) in [6.07, 6.45) is 7.98. The summed E-state index contributed by atoms with van der Waals surface area (Å²) in [5.41, 5.74) is 0. The summed E-state index contributed by atoms with van der Waals surface area (Å²) in [5.74, 6) is -0.324. The number of rotatable bonds is 8. The summed E-state index contributed by atoms with van der Waals surface area (Å²) < 4.78 is 4.64. The molecule has 0 unspecified atom stereocenters. The lowest BCUT2D eigenvalue weighted by molar-refractivity contribution is -0.123. The van der Waals surface area contributed by atoms with Crippen molar-refractivity contribution in [2.24, 2.45) is 0 Å². The molecule has 0 atom stereocenters. The first-order valence-corrected chi connectivity index (χ1v) is 5.97. The van der Waals surface area contributed by atoms with Crippen molar-refractivity contribution in [2.75, 3.05) is 20.2 Å². The largest absolute Gasteiger partial charge is 0.439 e. The van der Waals surface area contributed by atoms with E-state index in [0.29, 0.717) is 6.54 Å². The molecule has 0 aliphatic rings. The molecular weight excluding hydrogens is 220 g/mol. The summed E-state index contributed by atoms with van der Waals surface area (Å²) >= 11 is 0. The molecule has 0 saturated carbocycles. The molecule has 0 aromatic heterocycles. The Hall–Kier alpha value is -1.52. The molecule has 5 nitrogen and oxygen atoms in total. The predicted octanol–water partition coefficient (Wildman–Crippen LogP) is 1.60. The number of likely N-dealkylation sites (N-methyl/N-ethyl adjacent to an activating group) is 1. The van der Waals surface area contributed by atoms with E-state index in [0.717, 1.165) is 6.42 Å². The Kier molecular flexibility index (Phi) is 10.00. The maximum atomic E-state index is 11.1. The van der Waals surface area contributed by atoms with Crippen molar-refractivity contribution >= 4 is 12.0 Å². The van der Waals surface area contributed by atoms with Gasteiger partial charge >= 0.3 is 6.09 Å². The molecule has 0 fully saturated rings. The van der Waals surface area contributed by atoms with Crippen molar-refractivity contribution in [1.82, 2.24) is 10.6 Å². The quantitative estimate of drug-likeness (QED) is 0.502. The third-order valence-electron chi connectivity index (χ3n) is 2.12. The predicted molar refractivity (Wildman–Crippen MR) is 66.7 cm³/mol. The number of carbonyl (C=O) groups is 2. The van der Waals surface area contributed by atoms with E-state index in [9.17, 15) is 9.59 Å². The van der Waals surface area contributed by atoms with E-state index in [2.05, 4.69) is 22.3 Å². The van der Waals surface area contributed by atoms with Gasteiger partial charge in [0, 0.05) is 13.6 Å². The Balaban J connectivity index is 3.41. The first kappa shape index (κ1) is 15.5. The highest BCUT2D eigenvalue weighted by molar-refractivity contribution is 5.79. The molecule has 0 rings (SSSR count). The Morgan fingerprint density at radius 3 is 2.65 bits per heavy atom. The van der Waals surface area contributed by atoms with Gasteiger partial charge in [-0.3, -0.25) is 4.79 Å². The summed E-state index contributed by atoms with van der Waals surface area (Å²) in [6.45, 7) is 2.34. The fraction of sp³-hybridized carbons (Fsp3) is 0.667. The number of alkyl carbamates (subject to hydrolysis) is 1. The average Bonchev–Trinajstić information content (AvgIpc) is 2.34. The Bertz CT molecular complexity index is 252. The third kappa shape index (κ3) is 10.8. The molecule has 2 N–H and O–H groups in total. The molecule has 0 spiro atoms. The molecule has 17 heavy (non-hydrogen) atoms. The number of carbonyl (C=O) groups excluding carboxylic acids is 2. The highest BCUT2D eigenvalue weighted by Crippen LogP contribution is 1.98. The first-order chi connectivity index (χ1) is 8.20. The monoisotopic (exact) mass is 242 g/mol. The zero-order chi connectivity index (χ0) is 12.9. The van der Waals surface area contributed by atoms with Crippen LogP contribution in [-0.2, 0) is 9.53 Å². The number of ether oxygens (including phenoxy) is 1. The van der Waals surface area contributed by atoms with Crippen molar-refractivity contribution in [2.45, 2.75) is 32.6 Å². The second-order valence-corrected chi connectivity index (χ2v) is 3.60. The fourth-order valence-electron chi connectivity index (χ4n) is 1.11. The second kappa shape index (κ2) is 11.0. The highest BCUT2D eigenvalue weighted by atomic mass is 16.6. The number of allylic oxidation sites excluding steroid dienone is 1. The van der Waals surface area contributed by atoms with Crippen LogP contribution >= 0.6 is 0 Å². The number of nitrogens with one attached hydrogen (secondary N) is 2. The molecule has 0 aliphatic carbocycles. The lowest BCUT2D eigenvalue weighted by atomic mass is 10.2. The molecule has 0 bridgehead atoms.